The normalized spacial score (nSPS) is 22.1. The Bertz CT molecular complexity index is 1500. The molecule has 0 aliphatic carbocycles. The van der Waals surface area contributed by atoms with Gasteiger partial charge in [0.05, 0.1) is 18.7 Å². The number of aromatic nitrogens is 2. The quantitative estimate of drug-likeness (QED) is 0.292. The van der Waals surface area contributed by atoms with Crippen LogP contribution in [0.3, 0.4) is 0 Å². The summed E-state index contributed by atoms with van der Waals surface area (Å²) in [7, 11) is 1.58. The third-order valence-electron chi connectivity index (χ3n) is 8.51. The summed E-state index contributed by atoms with van der Waals surface area (Å²) in [6, 6.07) is 9.48. The lowest BCUT2D eigenvalue weighted by Crippen LogP contribution is -2.50. The van der Waals surface area contributed by atoms with Crippen molar-refractivity contribution < 1.29 is 31.9 Å². The summed E-state index contributed by atoms with van der Waals surface area (Å²) in [5.74, 6) is -0.144. The first-order valence-corrected chi connectivity index (χ1v) is 14.6. The molecule has 44 heavy (non-hydrogen) atoms. The molecule has 3 aliphatic heterocycles. The second-order valence-electron chi connectivity index (χ2n) is 11.4. The number of urea groups is 1. The van der Waals surface area contributed by atoms with Gasteiger partial charge >= 0.3 is 12.2 Å². The first-order valence-electron chi connectivity index (χ1n) is 14.6. The molecule has 2 aromatic heterocycles. The van der Waals surface area contributed by atoms with Gasteiger partial charge in [0.15, 0.2) is 5.69 Å². The maximum absolute atomic E-state index is 13.8. The van der Waals surface area contributed by atoms with E-state index in [2.05, 4.69) is 25.5 Å². The van der Waals surface area contributed by atoms with Crippen molar-refractivity contribution in [1.82, 2.24) is 20.2 Å². The van der Waals surface area contributed by atoms with Gasteiger partial charge in [0.2, 0.25) is 11.5 Å². The molecule has 11 nitrogen and oxygen atoms in total. The minimum Gasteiger partial charge on any atom is -0.497 e. The number of rotatable bonds is 7. The Kier molecular flexibility index (Phi) is 7.86. The van der Waals surface area contributed by atoms with Crippen LogP contribution in [0.25, 0.3) is 0 Å². The number of anilines is 3. The number of halogens is 3. The predicted octanol–water partition coefficient (Wildman–Crippen LogP) is 4.51. The van der Waals surface area contributed by atoms with Crippen molar-refractivity contribution in [3.8, 4) is 5.75 Å². The summed E-state index contributed by atoms with van der Waals surface area (Å²) in [5.41, 5.74) is -0.845. The number of piperidine rings is 1. The lowest BCUT2D eigenvalue weighted by Gasteiger charge is -2.35. The van der Waals surface area contributed by atoms with Gasteiger partial charge in [0.25, 0.3) is 6.01 Å². The van der Waals surface area contributed by atoms with Crippen LogP contribution >= 0.6 is 0 Å². The largest absolute Gasteiger partial charge is 0.497 e. The van der Waals surface area contributed by atoms with Crippen molar-refractivity contribution in [2.45, 2.75) is 43.9 Å². The predicted molar refractivity (Wildman–Crippen MR) is 156 cm³/mol. The number of ketones is 1. The van der Waals surface area contributed by atoms with E-state index < -0.39 is 35.0 Å². The summed E-state index contributed by atoms with van der Waals surface area (Å²) in [4.78, 5) is 39.7. The molecular formula is C30H34F3N7O4. The lowest BCUT2D eigenvalue weighted by molar-refractivity contribution is -0.141. The molecule has 2 amide bonds. The number of nitrogens with zero attached hydrogens (tertiary/aromatic N) is 5. The Balaban J connectivity index is 1.07. The number of oxazole rings is 1. The number of pyridine rings is 1. The van der Waals surface area contributed by atoms with Gasteiger partial charge in [0, 0.05) is 51.2 Å². The third kappa shape index (κ3) is 5.90. The number of ether oxygens (including phenoxy) is 1. The zero-order valence-electron chi connectivity index (χ0n) is 24.5. The molecule has 1 aromatic carbocycles. The highest BCUT2D eigenvalue weighted by molar-refractivity contribution is 6.02. The number of carbonyl (C=O) groups is 2. The Labute approximate surface area is 252 Å². The molecule has 6 rings (SSSR count). The molecule has 0 bridgehead atoms. The van der Waals surface area contributed by atoms with E-state index in [1.165, 1.54) is 0 Å². The van der Waals surface area contributed by atoms with E-state index in [-0.39, 0.29) is 12.0 Å². The SMILES string of the molecule is COc1ccc(NC(=O)N2CCN(c3ccc(C4(C)NC4C(=O)c4oc(N5CCCCC5)nc4C(F)(F)F)cn3)CC2)cc1. The van der Waals surface area contributed by atoms with Crippen molar-refractivity contribution in [2.75, 3.05) is 61.5 Å². The number of piperazine rings is 1. The van der Waals surface area contributed by atoms with E-state index in [0.717, 1.165) is 19.3 Å². The van der Waals surface area contributed by atoms with E-state index in [1.807, 2.05) is 12.1 Å². The Hall–Kier alpha value is -4.33. The third-order valence-corrected chi connectivity index (χ3v) is 8.51. The molecule has 0 saturated carbocycles. The van der Waals surface area contributed by atoms with Crippen LogP contribution in [0.1, 0.15) is 48.0 Å². The molecule has 3 aliphatic rings. The number of carbonyl (C=O) groups excluding carboxylic acids is 2. The summed E-state index contributed by atoms with van der Waals surface area (Å²) in [6.45, 7) is 4.97. The van der Waals surface area contributed by atoms with E-state index >= 15 is 0 Å². The van der Waals surface area contributed by atoms with E-state index in [9.17, 15) is 22.8 Å². The molecule has 5 heterocycles. The van der Waals surface area contributed by atoms with Crippen LogP contribution in [0.15, 0.2) is 47.0 Å². The standard InChI is InChI=1S/C30H34F3N7O4/c1-29(25(37-29)23(41)24-26(30(31,32)33)36-28(44-24)40-12-4-3-5-13-40)19-6-11-22(34-18-19)38-14-16-39(17-15-38)27(42)35-20-7-9-21(43-2)10-8-20/h6-11,18,25,37H,3-5,12-17H2,1-2H3,(H,35,42). The average molecular weight is 614 g/mol. The van der Waals surface area contributed by atoms with Crippen molar-refractivity contribution in [2.24, 2.45) is 0 Å². The summed E-state index contributed by atoms with van der Waals surface area (Å²) < 4.78 is 52.2. The first kappa shape index (κ1) is 29.7. The molecule has 0 radical (unpaired) electrons. The fraction of sp³-hybridized carbons (Fsp3) is 0.467. The number of methoxy groups -OCH3 is 1. The van der Waals surface area contributed by atoms with E-state index in [0.29, 0.717) is 62.1 Å². The van der Waals surface area contributed by atoms with Crippen LogP contribution in [0.2, 0.25) is 0 Å². The van der Waals surface area contributed by atoms with E-state index in [4.69, 9.17) is 9.15 Å². The van der Waals surface area contributed by atoms with Crippen LogP contribution < -0.4 is 25.2 Å². The van der Waals surface area contributed by atoms with Gasteiger partial charge < -0.3 is 29.2 Å². The molecule has 3 fully saturated rings. The van der Waals surface area contributed by atoms with Crippen molar-refractivity contribution >= 4 is 29.3 Å². The molecule has 3 saturated heterocycles. The van der Waals surface area contributed by atoms with Crippen LogP contribution in [0.5, 0.6) is 5.75 Å². The second kappa shape index (κ2) is 11.6. The van der Waals surface area contributed by atoms with Gasteiger partial charge in [0.1, 0.15) is 11.6 Å². The number of Topliss-reactive ketones (excluding diaryl/α,β-unsaturated/α-hetero) is 1. The highest BCUT2D eigenvalue weighted by Crippen LogP contribution is 2.42. The summed E-state index contributed by atoms with van der Waals surface area (Å²) in [5, 5.41) is 5.93. The zero-order valence-corrected chi connectivity index (χ0v) is 24.5. The van der Waals surface area contributed by atoms with Gasteiger partial charge in [-0.25, -0.2) is 9.78 Å². The average Bonchev–Trinajstić information content (AvgIpc) is 3.52. The molecule has 14 heteroatoms. The van der Waals surface area contributed by atoms with Gasteiger partial charge in [-0.1, -0.05) is 6.07 Å². The van der Waals surface area contributed by atoms with Crippen LogP contribution in [-0.4, -0.2) is 79.1 Å². The molecule has 2 unspecified atom stereocenters. The Morgan fingerprint density at radius 3 is 2.32 bits per heavy atom. The Morgan fingerprint density at radius 1 is 1.00 bits per heavy atom. The van der Waals surface area contributed by atoms with Crippen molar-refractivity contribution in [3.05, 3.63) is 59.6 Å². The maximum Gasteiger partial charge on any atom is 0.437 e. The van der Waals surface area contributed by atoms with Crippen molar-refractivity contribution in [3.63, 3.8) is 0 Å². The minimum atomic E-state index is -4.82. The molecule has 3 aromatic rings. The number of hydrogen-bond acceptors (Lipinski definition) is 9. The van der Waals surface area contributed by atoms with Gasteiger partial charge in [-0.15, -0.1) is 0 Å². The number of amides is 2. The monoisotopic (exact) mass is 613 g/mol. The number of nitrogens with one attached hydrogen (secondary N) is 2. The van der Waals surface area contributed by atoms with Crippen LogP contribution in [-0.2, 0) is 11.7 Å². The van der Waals surface area contributed by atoms with Gasteiger partial charge in [-0.05, 0) is 62.1 Å². The minimum absolute atomic E-state index is 0.160. The molecular weight excluding hydrogens is 579 g/mol. The van der Waals surface area contributed by atoms with E-state index in [1.54, 1.807) is 54.3 Å². The fourth-order valence-corrected chi connectivity index (χ4v) is 5.75. The van der Waals surface area contributed by atoms with Gasteiger partial charge in [-0.2, -0.15) is 18.2 Å². The number of hydrogen-bond donors (Lipinski definition) is 2. The topological polar surface area (TPSA) is 126 Å². The second-order valence-corrected chi connectivity index (χ2v) is 11.4. The lowest BCUT2D eigenvalue weighted by atomic mass is 9.95. The summed E-state index contributed by atoms with van der Waals surface area (Å²) in [6.07, 6.45) is -0.549. The highest BCUT2D eigenvalue weighted by atomic mass is 19.4. The van der Waals surface area contributed by atoms with Gasteiger partial charge in [-0.3, -0.25) is 10.1 Å². The molecule has 2 N–H and O–H groups in total. The molecule has 2 atom stereocenters. The van der Waals surface area contributed by atoms with Crippen LogP contribution in [0.4, 0.5) is 35.5 Å². The van der Waals surface area contributed by atoms with Crippen molar-refractivity contribution in [1.29, 1.82) is 0 Å². The molecule has 0 spiro atoms. The fourth-order valence-electron chi connectivity index (χ4n) is 5.75. The number of alkyl halides is 3. The Morgan fingerprint density at radius 2 is 1.70 bits per heavy atom. The smallest absolute Gasteiger partial charge is 0.437 e. The number of benzene rings is 1. The molecule has 234 valence electrons. The first-order chi connectivity index (χ1) is 21.1. The van der Waals surface area contributed by atoms with Crippen LogP contribution in [0, 0.1) is 0 Å². The maximum atomic E-state index is 13.8. The highest BCUT2D eigenvalue weighted by Gasteiger charge is 2.58. The summed E-state index contributed by atoms with van der Waals surface area (Å²) >= 11 is 0. The zero-order chi connectivity index (χ0) is 31.1.